The minimum Gasteiger partial charge on any atom is -0.444 e. The van der Waals surface area contributed by atoms with Gasteiger partial charge >= 0.3 is 0 Å². The first kappa shape index (κ1) is 71.1. The minimum atomic E-state index is -0.310. The van der Waals surface area contributed by atoms with Crippen molar-refractivity contribution in [3.05, 3.63) is 286 Å². The van der Waals surface area contributed by atoms with Crippen molar-refractivity contribution in [2.45, 2.75) is 49.9 Å². The van der Waals surface area contributed by atoms with Gasteiger partial charge in [0.25, 0.3) is 23.6 Å². The van der Waals surface area contributed by atoms with E-state index in [2.05, 4.69) is 112 Å². The molecule has 4 aromatic carbocycles. The smallest absolute Gasteiger partial charge is 0.291 e. The van der Waals surface area contributed by atoms with E-state index < -0.39 is 0 Å². The molecule has 4 atom stereocenters. The Bertz CT molecular complexity index is 5550. The number of rotatable bonds is 16. The van der Waals surface area contributed by atoms with Crippen molar-refractivity contribution in [1.82, 2.24) is 113 Å². The van der Waals surface area contributed by atoms with E-state index >= 15 is 0 Å². The Morgan fingerprint density at radius 3 is 1.27 bits per heavy atom. The molecular formula is C80H74FN27O5. The summed E-state index contributed by atoms with van der Waals surface area (Å²) in [5.74, 6) is 3.07. The van der Waals surface area contributed by atoms with Crippen LogP contribution in [-0.2, 0) is 0 Å². The Hall–Kier alpha value is -14.8. The second-order valence-corrected chi connectivity index (χ2v) is 27.3. The quantitative estimate of drug-likeness (QED) is 0.0706. The number of benzene rings is 4. The van der Waals surface area contributed by atoms with Gasteiger partial charge in [0.15, 0.2) is 34.7 Å². The van der Waals surface area contributed by atoms with Gasteiger partial charge in [0.1, 0.15) is 31.1 Å². The Morgan fingerprint density at radius 2 is 0.796 bits per heavy atom. The SMILES string of the molecule is O=C(N[C@H]1CCN(c2nccn3cccc23)C1)c1ccn(-c2ccc(F)cc2)n1.O=C(N[C@H]1CCN(c2nccn3cccc23)C1)c1coc(-c2ccccc2)n1.O=C(N[C@H]1CCN(c2nccn3cccc23)C1)c1ncn(-c2ccccc2)n1.O=C(N[C@H]1CCN(c2nccn3cnnc23)C1)c1ncn(-c2ccccc2)n1. The van der Waals surface area contributed by atoms with Crippen LogP contribution in [0, 0.1) is 5.82 Å². The number of aromatic nitrogens is 19. The number of anilines is 4. The number of hydrogen-bond acceptors (Lipinski definition) is 21. The average molecular weight is 1510 g/mol. The lowest BCUT2D eigenvalue weighted by Crippen LogP contribution is -2.37. The molecule has 0 unspecified atom stereocenters. The molecule has 0 radical (unpaired) electrons. The number of nitrogens with one attached hydrogen (secondary N) is 4. The third-order valence-electron chi connectivity index (χ3n) is 19.9. The Labute approximate surface area is 643 Å². The number of para-hydroxylation sites is 2. The van der Waals surface area contributed by atoms with Gasteiger partial charge in [-0.2, -0.15) is 5.10 Å². The summed E-state index contributed by atoms with van der Waals surface area (Å²) in [5, 5.41) is 33.1. The maximum atomic E-state index is 13.1. The molecule has 4 fully saturated rings. The van der Waals surface area contributed by atoms with Crippen molar-refractivity contribution < 1.29 is 28.0 Å². The molecule has 20 rings (SSSR count). The fourth-order valence-electron chi connectivity index (χ4n) is 14.3. The second-order valence-electron chi connectivity index (χ2n) is 27.3. The molecule has 12 aromatic heterocycles. The maximum Gasteiger partial charge on any atom is 0.291 e. The molecule has 113 heavy (non-hydrogen) atoms. The van der Waals surface area contributed by atoms with E-state index in [0.29, 0.717) is 54.8 Å². The summed E-state index contributed by atoms with van der Waals surface area (Å²) in [4.78, 5) is 89.7. The Morgan fingerprint density at radius 1 is 0.381 bits per heavy atom. The van der Waals surface area contributed by atoms with Gasteiger partial charge in [0.05, 0.1) is 33.6 Å². The number of oxazole rings is 1. The van der Waals surface area contributed by atoms with Crippen molar-refractivity contribution in [2.75, 3.05) is 72.0 Å². The molecule has 4 aliphatic heterocycles. The summed E-state index contributed by atoms with van der Waals surface area (Å²) in [6.45, 7) is 6.05. The lowest BCUT2D eigenvalue weighted by molar-refractivity contribution is 0.0921. The van der Waals surface area contributed by atoms with Crippen LogP contribution in [0.15, 0.2) is 262 Å². The van der Waals surface area contributed by atoms with Gasteiger partial charge < -0.3 is 58.5 Å². The topological polar surface area (TPSA) is 330 Å². The molecule has 4 amide bonds. The first-order chi connectivity index (χ1) is 55.5. The van der Waals surface area contributed by atoms with Crippen LogP contribution < -0.4 is 40.9 Å². The van der Waals surface area contributed by atoms with Crippen molar-refractivity contribution in [1.29, 1.82) is 0 Å². The van der Waals surface area contributed by atoms with Crippen LogP contribution in [0.2, 0.25) is 0 Å². The molecule has 0 saturated carbocycles. The van der Waals surface area contributed by atoms with Gasteiger partial charge in [-0.15, -0.1) is 20.4 Å². The molecule has 32 nitrogen and oxygen atoms in total. The number of hydrogen-bond donors (Lipinski definition) is 4. The highest BCUT2D eigenvalue weighted by Gasteiger charge is 2.32. The van der Waals surface area contributed by atoms with Crippen LogP contribution in [0.25, 0.3) is 50.7 Å². The van der Waals surface area contributed by atoms with Crippen LogP contribution in [0.1, 0.15) is 67.9 Å². The first-order valence-corrected chi connectivity index (χ1v) is 36.9. The van der Waals surface area contributed by atoms with E-state index in [1.165, 1.54) is 18.4 Å². The second kappa shape index (κ2) is 32.2. The highest BCUT2D eigenvalue weighted by atomic mass is 19.1. The third kappa shape index (κ3) is 15.9. The molecule has 0 aliphatic carbocycles. The summed E-state index contributed by atoms with van der Waals surface area (Å²) in [6, 6.07) is 48.6. The fraction of sp³-hybridized carbons (Fsp3) is 0.200. The van der Waals surface area contributed by atoms with Crippen molar-refractivity contribution in [3.8, 4) is 28.5 Å². The van der Waals surface area contributed by atoms with Crippen LogP contribution in [0.4, 0.5) is 27.7 Å². The normalized spacial score (nSPS) is 16.5. The van der Waals surface area contributed by atoms with E-state index in [9.17, 15) is 23.6 Å². The van der Waals surface area contributed by atoms with E-state index in [0.717, 1.165) is 109 Å². The van der Waals surface area contributed by atoms with Gasteiger partial charge in [-0.05, 0) is 129 Å². The van der Waals surface area contributed by atoms with Crippen LogP contribution in [0.3, 0.4) is 0 Å². The summed E-state index contributed by atoms with van der Waals surface area (Å²) >= 11 is 0. The number of fused-ring (bicyclic) bond motifs is 4. The van der Waals surface area contributed by atoms with E-state index in [4.69, 9.17) is 4.42 Å². The average Bonchev–Trinajstić information content (AvgIpc) is 1.78. The highest BCUT2D eigenvalue weighted by molar-refractivity contribution is 5.94. The number of carbonyl (C=O) groups excluding carboxylic acids is 4. The van der Waals surface area contributed by atoms with E-state index in [-0.39, 0.29) is 65.3 Å². The number of halogens is 1. The van der Waals surface area contributed by atoms with Crippen molar-refractivity contribution in [2.24, 2.45) is 0 Å². The molecule has 4 N–H and O–H groups in total. The molecule has 0 bridgehead atoms. The number of nitrogens with zero attached hydrogens (tertiary/aromatic N) is 23. The molecule has 33 heteroatoms. The predicted octanol–water partition coefficient (Wildman–Crippen LogP) is 8.30. The fourth-order valence-corrected chi connectivity index (χ4v) is 14.3. The maximum absolute atomic E-state index is 13.1. The molecular weight excluding hydrogens is 1440 g/mol. The molecule has 566 valence electrons. The number of carbonyl (C=O) groups is 4. The lowest BCUT2D eigenvalue weighted by atomic mass is 10.2. The zero-order valence-corrected chi connectivity index (χ0v) is 60.7. The summed E-state index contributed by atoms with van der Waals surface area (Å²) in [6.07, 6.45) is 31.9. The largest absolute Gasteiger partial charge is 0.444 e. The zero-order valence-electron chi connectivity index (χ0n) is 60.7. The van der Waals surface area contributed by atoms with E-state index in [1.807, 2.05) is 178 Å². The molecule has 4 saturated heterocycles. The van der Waals surface area contributed by atoms with Crippen molar-refractivity contribution in [3.63, 3.8) is 0 Å². The third-order valence-corrected chi connectivity index (χ3v) is 19.9. The van der Waals surface area contributed by atoms with Gasteiger partial charge in [0.2, 0.25) is 23.2 Å². The van der Waals surface area contributed by atoms with Crippen molar-refractivity contribution >= 4 is 69.1 Å². The molecule has 0 spiro atoms. The van der Waals surface area contributed by atoms with Gasteiger partial charge in [-0.1, -0.05) is 54.6 Å². The number of amides is 4. The summed E-state index contributed by atoms with van der Waals surface area (Å²) in [5.41, 5.74) is 7.79. The lowest BCUT2D eigenvalue weighted by Gasteiger charge is -2.18. The molecule has 16 aromatic rings. The monoisotopic (exact) mass is 1510 g/mol. The Kier molecular flexibility index (Phi) is 20.3. The minimum absolute atomic E-state index is 0.0128. The van der Waals surface area contributed by atoms with Crippen LogP contribution in [0.5, 0.6) is 0 Å². The highest BCUT2D eigenvalue weighted by Crippen LogP contribution is 2.29. The molecule has 4 aliphatic rings. The predicted molar refractivity (Wildman–Crippen MR) is 417 cm³/mol. The first-order valence-electron chi connectivity index (χ1n) is 36.9. The van der Waals surface area contributed by atoms with Gasteiger partial charge in [0, 0.05) is 156 Å². The van der Waals surface area contributed by atoms with Crippen LogP contribution >= 0.6 is 0 Å². The molecule has 16 heterocycles. The Balaban J connectivity index is 0.000000109. The van der Waals surface area contributed by atoms with E-state index in [1.54, 1.807) is 82.2 Å². The van der Waals surface area contributed by atoms with Gasteiger partial charge in [-0.25, -0.2) is 53.3 Å². The summed E-state index contributed by atoms with van der Waals surface area (Å²) < 4.78 is 31.3. The van der Waals surface area contributed by atoms with Crippen LogP contribution in [-0.4, -0.2) is 192 Å². The summed E-state index contributed by atoms with van der Waals surface area (Å²) in [7, 11) is 0. The van der Waals surface area contributed by atoms with Gasteiger partial charge in [-0.3, -0.25) is 23.6 Å². The zero-order chi connectivity index (χ0) is 76.6. The standard InChI is InChI=1S/C21H19FN6O.C21H19N5O2.C20H19N7O.C18H17N9O/c22-15-3-5-17(6-4-15)28-12-8-18(25-28)21(29)24-16-7-11-27(14-16)20-19-2-1-10-26(19)13-9-23-20;27-20(17-14-28-21(24-17)15-5-2-1-3-6-15)23-16-8-11-26(13-16)19-18-7-4-10-25(18)12-9-22-19;28-20(18-22-14-27(24-18)16-5-2-1-3-6-16)23-15-8-11-26(13-15)19-17-7-4-10-25(17)12-9-21-19;28-18(15-20-11-27(24-15)14-4-2-1-3-5-14)22-13-6-8-25(10-13)16-17-23-21-12-26(17)9-7-19-16/h1-6,8-10,12-13,16H,7,11,14H2,(H,24,29);1-7,9-10,12,14,16H,8,11,13H2,(H,23,27);1-7,9-10,12,14-15H,8,11,13H2,(H,23,28);1-5,7,9,11-13H,6,8,10H2,(H,22,28)/t2*16-;15-;13-/m0000/s1.